The number of nitrogens with one attached hydrogen (secondary N) is 1. The Bertz CT molecular complexity index is 521. The zero-order valence-electron chi connectivity index (χ0n) is 11.5. The first-order valence-electron chi connectivity index (χ1n) is 7.17. The third-order valence-corrected chi connectivity index (χ3v) is 4.75. The third-order valence-electron chi connectivity index (χ3n) is 4.32. The lowest BCUT2D eigenvalue weighted by Crippen LogP contribution is -2.43. The molecule has 2 aliphatic heterocycles. The highest BCUT2D eigenvalue weighted by Crippen LogP contribution is 2.36. The summed E-state index contributed by atoms with van der Waals surface area (Å²) in [6.07, 6.45) is 1.12. The number of halogens is 4. The van der Waals surface area contributed by atoms with Gasteiger partial charge in [-0.15, -0.1) is 0 Å². The molecule has 2 atom stereocenters. The van der Waals surface area contributed by atoms with Crippen LogP contribution in [0.3, 0.4) is 0 Å². The Balaban J connectivity index is 1.76. The monoisotopic (exact) mass is 363 g/mol. The van der Waals surface area contributed by atoms with Crippen molar-refractivity contribution in [2.24, 2.45) is 0 Å². The molecule has 116 valence electrons. The average Bonchev–Trinajstić information content (AvgIpc) is 2.87. The van der Waals surface area contributed by atoms with Crippen LogP contribution in [0.15, 0.2) is 16.7 Å². The van der Waals surface area contributed by atoms with E-state index in [-0.39, 0.29) is 11.9 Å². The van der Waals surface area contributed by atoms with Gasteiger partial charge in [0, 0.05) is 29.3 Å². The van der Waals surface area contributed by atoms with E-state index in [9.17, 15) is 13.2 Å². The highest BCUT2D eigenvalue weighted by molar-refractivity contribution is 9.10. The highest BCUT2D eigenvalue weighted by atomic mass is 79.9. The lowest BCUT2D eigenvalue weighted by Gasteiger charge is -2.35. The van der Waals surface area contributed by atoms with Crippen LogP contribution >= 0.6 is 15.9 Å². The second-order valence-electron chi connectivity index (χ2n) is 5.75. The molecule has 1 aromatic heterocycles. The van der Waals surface area contributed by atoms with E-state index >= 15 is 0 Å². The largest absolute Gasteiger partial charge is 0.419 e. The first-order chi connectivity index (χ1) is 9.93. The molecule has 2 aliphatic rings. The number of hydrogen-bond donors (Lipinski definition) is 1. The Morgan fingerprint density at radius 3 is 2.86 bits per heavy atom. The van der Waals surface area contributed by atoms with Crippen molar-refractivity contribution >= 4 is 21.7 Å². The number of rotatable bonds is 2. The topological polar surface area (TPSA) is 28.2 Å². The van der Waals surface area contributed by atoms with E-state index in [1.807, 2.05) is 0 Å². The zero-order chi connectivity index (χ0) is 15.0. The van der Waals surface area contributed by atoms with E-state index in [4.69, 9.17) is 0 Å². The van der Waals surface area contributed by atoms with E-state index in [0.717, 1.165) is 38.4 Å². The molecule has 0 spiro atoms. The average molecular weight is 364 g/mol. The van der Waals surface area contributed by atoms with Crippen LogP contribution in [0.5, 0.6) is 0 Å². The minimum Gasteiger partial charge on any atom is -0.367 e. The molecule has 0 radical (unpaired) electrons. The Morgan fingerprint density at radius 1 is 1.29 bits per heavy atom. The van der Waals surface area contributed by atoms with Gasteiger partial charge < -0.3 is 10.2 Å². The number of aromatic nitrogens is 1. The maximum absolute atomic E-state index is 13.1. The molecule has 3 heterocycles. The number of anilines is 1. The number of hydrogen-bond acceptors (Lipinski definition) is 3. The normalized spacial score (nSPS) is 26.7. The number of pyridine rings is 1. The molecule has 2 saturated heterocycles. The van der Waals surface area contributed by atoms with Crippen LogP contribution in [0.1, 0.15) is 31.2 Å². The third kappa shape index (κ3) is 3.34. The van der Waals surface area contributed by atoms with Crippen molar-refractivity contribution in [3.63, 3.8) is 0 Å². The molecule has 0 aromatic carbocycles. The van der Waals surface area contributed by atoms with E-state index in [1.54, 1.807) is 0 Å². The van der Waals surface area contributed by atoms with Gasteiger partial charge in [0.2, 0.25) is 0 Å². The summed E-state index contributed by atoms with van der Waals surface area (Å²) >= 11 is 3.05. The predicted molar refractivity (Wildman–Crippen MR) is 78.2 cm³/mol. The predicted octanol–water partition coefficient (Wildman–Crippen LogP) is 3.90. The fourth-order valence-electron chi connectivity index (χ4n) is 3.32. The summed E-state index contributed by atoms with van der Waals surface area (Å²) in [4.78, 5) is 6.38. The SMILES string of the molecule is FC(F)(F)c1cc(Br)cnc1NC1CCN2CCCC2C1. The van der Waals surface area contributed by atoms with Crippen molar-refractivity contribution in [1.82, 2.24) is 9.88 Å². The second-order valence-corrected chi connectivity index (χ2v) is 6.66. The summed E-state index contributed by atoms with van der Waals surface area (Å²) in [6, 6.07) is 1.67. The number of alkyl halides is 3. The molecule has 0 aliphatic carbocycles. The lowest BCUT2D eigenvalue weighted by molar-refractivity contribution is -0.137. The van der Waals surface area contributed by atoms with Crippen LogP contribution in [0.25, 0.3) is 0 Å². The fraction of sp³-hybridized carbons (Fsp3) is 0.643. The lowest BCUT2D eigenvalue weighted by atomic mass is 9.97. The van der Waals surface area contributed by atoms with Gasteiger partial charge in [0.15, 0.2) is 0 Å². The van der Waals surface area contributed by atoms with Crippen molar-refractivity contribution in [3.05, 3.63) is 22.3 Å². The Hall–Kier alpha value is -0.820. The number of fused-ring (bicyclic) bond motifs is 1. The van der Waals surface area contributed by atoms with Gasteiger partial charge in [-0.05, 0) is 54.2 Å². The van der Waals surface area contributed by atoms with E-state index in [0.29, 0.717) is 10.5 Å². The van der Waals surface area contributed by atoms with Gasteiger partial charge in [0.1, 0.15) is 5.82 Å². The molecule has 1 aromatic rings. The minimum absolute atomic E-state index is 0.0536. The second kappa shape index (κ2) is 5.76. The van der Waals surface area contributed by atoms with Crippen molar-refractivity contribution < 1.29 is 13.2 Å². The molecule has 0 saturated carbocycles. The van der Waals surface area contributed by atoms with Crippen LogP contribution < -0.4 is 5.32 Å². The molecule has 0 bridgehead atoms. The molecule has 2 unspecified atom stereocenters. The molecule has 1 N–H and O–H groups in total. The summed E-state index contributed by atoms with van der Waals surface area (Å²) in [5, 5.41) is 3.02. The number of piperidine rings is 1. The summed E-state index contributed by atoms with van der Waals surface area (Å²) in [6.45, 7) is 2.09. The van der Waals surface area contributed by atoms with Gasteiger partial charge in [-0.25, -0.2) is 4.98 Å². The Kier molecular flexibility index (Phi) is 4.14. The van der Waals surface area contributed by atoms with E-state index in [1.165, 1.54) is 12.6 Å². The van der Waals surface area contributed by atoms with Gasteiger partial charge in [-0.3, -0.25) is 0 Å². The highest BCUT2D eigenvalue weighted by Gasteiger charge is 2.37. The van der Waals surface area contributed by atoms with Crippen molar-refractivity contribution in [1.29, 1.82) is 0 Å². The molecule has 2 fully saturated rings. The maximum Gasteiger partial charge on any atom is 0.419 e. The molecule has 0 amide bonds. The summed E-state index contributed by atoms with van der Waals surface area (Å²) < 4.78 is 39.6. The molecule has 7 heteroatoms. The molecule has 3 nitrogen and oxygen atoms in total. The van der Waals surface area contributed by atoms with Gasteiger partial charge in [-0.1, -0.05) is 0 Å². The first-order valence-corrected chi connectivity index (χ1v) is 7.96. The van der Waals surface area contributed by atoms with E-state index in [2.05, 4.69) is 31.1 Å². The van der Waals surface area contributed by atoms with Gasteiger partial charge in [-0.2, -0.15) is 13.2 Å². The smallest absolute Gasteiger partial charge is 0.367 e. The van der Waals surface area contributed by atoms with Crippen LogP contribution in [-0.2, 0) is 6.18 Å². The number of nitrogens with zero attached hydrogens (tertiary/aromatic N) is 2. The van der Waals surface area contributed by atoms with E-state index < -0.39 is 11.7 Å². The first kappa shape index (κ1) is 15.1. The van der Waals surface area contributed by atoms with Crippen molar-refractivity contribution in [2.75, 3.05) is 18.4 Å². The van der Waals surface area contributed by atoms with Crippen LogP contribution in [0, 0.1) is 0 Å². The fourth-order valence-corrected chi connectivity index (χ4v) is 3.65. The van der Waals surface area contributed by atoms with Crippen LogP contribution in [0.4, 0.5) is 19.0 Å². The summed E-state index contributed by atoms with van der Waals surface area (Å²) in [5.74, 6) is -0.0536. The quantitative estimate of drug-likeness (QED) is 0.863. The molecule has 3 rings (SSSR count). The maximum atomic E-state index is 13.1. The zero-order valence-corrected chi connectivity index (χ0v) is 13.0. The molecule has 21 heavy (non-hydrogen) atoms. The van der Waals surface area contributed by atoms with Crippen molar-refractivity contribution in [2.45, 2.75) is 43.9 Å². The standard InChI is InChI=1S/C14H17BrF3N3/c15-9-6-12(14(16,17)18)13(19-8-9)20-10-3-5-21-4-1-2-11(21)7-10/h6,8,10-11H,1-5,7H2,(H,19,20). The minimum atomic E-state index is -4.40. The van der Waals surface area contributed by atoms with Crippen LogP contribution in [-0.4, -0.2) is 35.1 Å². The molecular weight excluding hydrogens is 347 g/mol. The Labute approximate surface area is 130 Å². The van der Waals surface area contributed by atoms with Crippen molar-refractivity contribution in [3.8, 4) is 0 Å². The van der Waals surface area contributed by atoms with Gasteiger partial charge in [0.05, 0.1) is 5.56 Å². The summed E-state index contributed by atoms with van der Waals surface area (Å²) in [5.41, 5.74) is -0.703. The Morgan fingerprint density at radius 2 is 2.10 bits per heavy atom. The van der Waals surface area contributed by atoms with Gasteiger partial charge in [0.25, 0.3) is 0 Å². The van der Waals surface area contributed by atoms with Gasteiger partial charge >= 0.3 is 6.18 Å². The van der Waals surface area contributed by atoms with Crippen LogP contribution in [0.2, 0.25) is 0 Å². The summed E-state index contributed by atoms with van der Waals surface area (Å²) in [7, 11) is 0. The molecular formula is C14H17BrF3N3.